The Morgan fingerprint density at radius 1 is 1.12 bits per heavy atom. The second-order valence-electron chi connectivity index (χ2n) is 6.85. The van der Waals surface area contributed by atoms with Crippen LogP contribution >= 0.6 is 27.7 Å². The molecular weight excluding hydrogens is 504 g/mol. The zero-order valence-corrected chi connectivity index (χ0v) is 20.0. The number of carbonyl (C=O) groups is 1. The number of hydrogen-bond donors (Lipinski definition) is 1. The number of carbonyl (C=O) groups excluding carboxylic acids is 1. The molecule has 4 aromatic rings. The molecule has 33 heavy (non-hydrogen) atoms. The van der Waals surface area contributed by atoms with Crippen molar-refractivity contribution in [3.63, 3.8) is 0 Å². The van der Waals surface area contributed by atoms with E-state index in [4.69, 9.17) is 4.74 Å². The summed E-state index contributed by atoms with van der Waals surface area (Å²) in [6.07, 6.45) is 1.52. The standard InChI is InChI=1S/C24H19BrN4O3S/c1-32-21-9-5-2-6-16(21)14-26-28-22(30)15-33-24-27-20-8-4-3-7-19(20)23(31)29(24)18-12-10-17(25)11-13-18/h2-14H,15H2,1H3,(H,28,30)/b26-14-. The average Bonchev–Trinajstić information content (AvgIpc) is 2.84. The van der Waals surface area contributed by atoms with Gasteiger partial charge in [-0.15, -0.1) is 0 Å². The van der Waals surface area contributed by atoms with Gasteiger partial charge in [-0.3, -0.25) is 14.2 Å². The number of para-hydroxylation sites is 2. The van der Waals surface area contributed by atoms with Gasteiger partial charge in [-0.05, 0) is 48.5 Å². The third kappa shape index (κ3) is 5.32. The first kappa shape index (κ1) is 22.8. The van der Waals surface area contributed by atoms with Crippen molar-refractivity contribution in [2.45, 2.75) is 5.16 Å². The molecule has 0 spiro atoms. The maximum Gasteiger partial charge on any atom is 0.266 e. The normalized spacial score (nSPS) is 11.1. The molecule has 9 heteroatoms. The molecule has 166 valence electrons. The first-order valence-electron chi connectivity index (χ1n) is 9.92. The third-order valence-corrected chi connectivity index (χ3v) is 6.16. The summed E-state index contributed by atoms with van der Waals surface area (Å²) in [6, 6.07) is 21.9. The van der Waals surface area contributed by atoms with E-state index in [-0.39, 0.29) is 17.2 Å². The highest BCUT2D eigenvalue weighted by Gasteiger charge is 2.14. The van der Waals surface area contributed by atoms with Crippen LogP contribution in [0.1, 0.15) is 5.56 Å². The van der Waals surface area contributed by atoms with Crippen LogP contribution in [0.3, 0.4) is 0 Å². The van der Waals surface area contributed by atoms with Crippen LogP contribution in [0.5, 0.6) is 5.75 Å². The predicted octanol–water partition coefficient (Wildman–Crippen LogP) is 4.40. The number of thioether (sulfide) groups is 1. The number of aromatic nitrogens is 2. The van der Waals surface area contributed by atoms with Crippen molar-refractivity contribution in [1.29, 1.82) is 0 Å². The molecule has 7 nitrogen and oxygen atoms in total. The van der Waals surface area contributed by atoms with Gasteiger partial charge in [-0.25, -0.2) is 10.4 Å². The summed E-state index contributed by atoms with van der Waals surface area (Å²) < 4.78 is 7.68. The lowest BCUT2D eigenvalue weighted by Crippen LogP contribution is -2.24. The van der Waals surface area contributed by atoms with Crippen molar-refractivity contribution in [2.75, 3.05) is 12.9 Å². The first-order chi connectivity index (χ1) is 16.1. The lowest BCUT2D eigenvalue weighted by Gasteiger charge is -2.13. The summed E-state index contributed by atoms with van der Waals surface area (Å²) >= 11 is 4.58. The van der Waals surface area contributed by atoms with Crippen LogP contribution in [0.25, 0.3) is 16.6 Å². The number of fused-ring (bicyclic) bond motifs is 1. The van der Waals surface area contributed by atoms with Gasteiger partial charge in [-0.1, -0.05) is 52.0 Å². The molecule has 0 saturated heterocycles. The maximum absolute atomic E-state index is 13.2. The van der Waals surface area contributed by atoms with E-state index in [0.717, 1.165) is 10.0 Å². The van der Waals surface area contributed by atoms with Gasteiger partial charge >= 0.3 is 0 Å². The summed E-state index contributed by atoms with van der Waals surface area (Å²) in [5.74, 6) is 0.365. The smallest absolute Gasteiger partial charge is 0.266 e. The first-order valence-corrected chi connectivity index (χ1v) is 11.7. The van der Waals surface area contributed by atoms with Crippen molar-refractivity contribution >= 4 is 50.7 Å². The Morgan fingerprint density at radius 3 is 2.64 bits per heavy atom. The predicted molar refractivity (Wildman–Crippen MR) is 134 cm³/mol. The topological polar surface area (TPSA) is 85.6 Å². The highest BCUT2D eigenvalue weighted by Crippen LogP contribution is 2.22. The minimum absolute atomic E-state index is 0.0323. The number of rotatable bonds is 7. The van der Waals surface area contributed by atoms with E-state index >= 15 is 0 Å². The summed E-state index contributed by atoms with van der Waals surface area (Å²) in [7, 11) is 1.57. The van der Waals surface area contributed by atoms with Gasteiger partial charge in [0.1, 0.15) is 5.75 Å². The Morgan fingerprint density at radius 2 is 1.85 bits per heavy atom. The van der Waals surface area contributed by atoms with Crippen LogP contribution in [0.15, 0.2) is 92.3 Å². The molecule has 0 bridgehead atoms. The fourth-order valence-electron chi connectivity index (χ4n) is 3.14. The monoisotopic (exact) mass is 522 g/mol. The number of nitrogens with zero attached hydrogens (tertiary/aromatic N) is 3. The maximum atomic E-state index is 13.2. The van der Waals surface area contributed by atoms with Crippen LogP contribution in [0.4, 0.5) is 0 Å². The molecule has 1 aromatic heterocycles. The molecule has 0 unspecified atom stereocenters. The van der Waals surface area contributed by atoms with Gasteiger partial charge in [0.05, 0.1) is 35.7 Å². The van der Waals surface area contributed by atoms with Crippen LogP contribution in [0.2, 0.25) is 0 Å². The SMILES string of the molecule is COc1ccccc1/C=N\NC(=O)CSc1nc2ccccc2c(=O)n1-c1ccc(Br)cc1. The number of halogens is 1. The highest BCUT2D eigenvalue weighted by molar-refractivity contribution is 9.10. The van der Waals surface area contributed by atoms with Gasteiger partial charge < -0.3 is 4.74 Å². The Labute approximate surface area is 202 Å². The molecular formula is C24H19BrN4O3S. The zero-order valence-electron chi connectivity index (χ0n) is 17.6. The molecule has 0 aliphatic carbocycles. The van der Waals surface area contributed by atoms with Crippen molar-refractivity contribution < 1.29 is 9.53 Å². The number of amides is 1. The second kappa shape index (κ2) is 10.5. The fourth-order valence-corrected chi connectivity index (χ4v) is 4.21. The average molecular weight is 523 g/mol. The van der Waals surface area contributed by atoms with Crippen molar-refractivity contribution in [3.8, 4) is 11.4 Å². The lowest BCUT2D eigenvalue weighted by atomic mass is 10.2. The van der Waals surface area contributed by atoms with Gasteiger partial charge in [0.2, 0.25) is 0 Å². The number of ether oxygens (including phenoxy) is 1. The van der Waals surface area contributed by atoms with Gasteiger partial charge in [0.25, 0.3) is 11.5 Å². The van der Waals surface area contributed by atoms with Crippen LogP contribution in [-0.2, 0) is 4.79 Å². The number of nitrogens with one attached hydrogen (secondary N) is 1. The van der Waals surface area contributed by atoms with Crippen LogP contribution in [0, 0.1) is 0 Å². The minimum Gasteiger partial charge on any atom is -0.496 e. The van der Waals surface area contributed by atoms with Crippen molar-refractivity contribution in [1.82, 2.24) is 15.0 Å². The number of methoxy groups -OCH3 is 1. The molecule has 0 fully saturated rings. The van der Waals surface area contributed by atoms with E-state index in [2.05, 4.69) is 31.4 Å². The van der Waals surface area contributed by atoms with E-state index in [1.165, 1.54) is 22.5 Å². The number of hydrazone groups is 1. The summed E-state index contributed by atoms with van der Waals surface area (Å²) in [4.78, 5) is 30.3. The molecule has 0 atom stereocenters. The van der Waals surface area contributed by atoms with Gasteiger partial charge in [0.15, 0.2) is 5.16 Å². The third-order valence-electron chi connectivity index (χ3n) is 4.69. The fraction of sp³-hybridized carbons (Fsp3) is 0.0833. The van der Waals surface area contributed by atoms with E-state index in [1.54, 1.807) is 25.3 Å². The zero-order chi connectivity index (χ0) is 23.2. The van der Waals surface area contributed by atoms with E-state index < -0.39 is 0 Å². The van der Waals surface area contributed by atoms with E-state index in [1.807, 2.05) is 54.6 Å². The largest absolute Gasteiger partial charge is 0.496 e. The molecule has 0 saturated carbocycles. The molecule has 0 aliphatic heterocycles. The number of benzene rings is 3. The lowest BCUT2D eigenvalue weighted by molar-refractivity contribution is -0.118. The molecule has 1 heterocycles. The molecule has 3 aromatic carbocycles. The van der Waals surface area contributed by atoms with Gasteiger partial charge in [0, 0.05) is 10.0 Å². The van der Waals surface area contributed by atoms with E-state index in [9.17, 15) is 9.59 Å². The van der Waals surface area contributed by atoms with Crippen LogP contribution < -0.4 is 15.7 Å². The van der Waals surface area contributed by atoms with Crippen molar-refractivity contribution in [2.24, 2.45) is 5.10 Å². The Balaban J connectivity index is 1.56. The molecule has 1 amide bonds. The molecule has 1 N–H and O–H groups in total. The second-order valence-corrected chi connectivity index (χ2v) is 8.71. The van der Waals surface area contributed by atoms with Gasteiger partial charge in [-0.2, -0.15) is 5.10 Å². The molecule has 0 radical (unpaired) electrons. The van der Waals surface area contributed by atoms with E-state index in [0.29, 0.717) is 27.5 Å². The summed E-state index contributed by atoms with van der Waals surface area (Å²) in [5, 5.41) is 4.94. The minimum atomic E-state index is -0.323. The van der Waals surface area contributed by atoms with Crippen LogP contribution in [-0.4, -0.2) is 34.5 Å². The number of hydrogen-bond acceptors (Lipinski definition) is 6. The summed E-state index contributed by atoms with van der Waals surface area (Å²) in [6.45, 7) is 0. The molecule has 4 rings (SSSR count). The Kier molecular flexibility index (Phi) is 7.21. The Bertz CT molecular complexity index is 1390. The summed E-state index contributed by atoms with van der Waals surface area (Å²) in [5.41, 5.74) is 4.30. The quantitative estimate of drug-likeness (QED) is 0.168. The molecule has 0 aliphatic rings. The Hall–Kier alpha value is -3.43. The van der Waals surface area contributed by atoms with Crippen molar-refractivity contribution in [3.05, 3.63) is 93.2 Å². The highest BCUT2D eigenvalue weighted by atomic mass is 79.9.